The molecule has 25 heavy (non-hydrogen) atoms. The number of carbonyl (C=O) groups excluding carboxylic acids is 1. The average Bonchev–Trinajstić information content (AvgIpc) is 3.26. The van der Waals surface area contributed by atoms with Crippen molar-refractivity contribution in [2.24, 2.45) is 0 Å². The topological polar surface area (TPSA) is 46.1 Å². The molecule has 0 N–H and O–H groups in total. The number of rotatable bonds is 4. The minimum absolute atomic E-state index is 0.131. The zero-order valence-corrected chi connectivity index (χ0v) is 15.4. The molecule has 4 nitrogen and oxygen atoms in total. The number of benzene rings is 1. The minimum Gasteiger partial charge on any atom is -0.311 e. The predicted octanol–water partition coefficient (Wildman–Crippen LogP) is 4.19. The molecule has 4 rings (SSSR count). The number of amides is 1. The molecule has 2 aromatic heterocycles. The Labute approximate surface area is 154 Å². The van der Waals surface area contributed by atoms with Crippen LogP contribution in [-0.4, -0.2) is 28.2 Å². The van der Waals surface area contributed by atoms with Crippen LogP contribution in [0.4, 0.5) is 5.69 Å². The number of carbonyl (C=O) groups is 1. The van der Waals surface area contributed by atoms with Crippen LogP contribution in [-0.2, 0) is 11.2 Å². The van der Waals surface area contributed by atoms with Crippen molar-refractivity contribution in [3.63, 3.8) is 0 Å². The second-order valence-corrected chi connectivity index (χ2v) is 7.91. The van der Waals surface area contributed by atoms with Crippen LogP contribution in [0.2, 0.25) is 0 Å². The maximum atomic E-state index is 12.6. The fourth-order valence-corrected chi connectivity index (χ4v) is 4.32. The molecule has 0 unspecified atom stereocenters. The summed E-state index contributed by atoms with van der Waals surface area (Å²) in [4.78, 5) is 23.3. The molecule has 3 aromatic rings. The van der Waals surface area contributed by atoms with Crippen molar-refractivity contribution in [2.75, 3.05) is 17.2 Å². The lowest BCUT2D eigenvalue weighted by molar-refractivity contribution is -0.116. The summed E-state index contributed by atoms with van der Waals surface area (Å²) >= 11 is 3.14. The molecule has 1 aliphatic rings. The molecule has 0 fully saturated rings. The van der Waals surface area contributed by atoms with Gasteiger partial charge in [0.05, 0.1) is 21.5 Å². The standard InChI is InChI=1S/C19H17N3OS2/c1-13-21-16(11-24-13)14-5-6-17-15(10-14)7-9-22(17)19(23)12-25-18-4-2-3-8-20-18/h2-6,8,10-11H,7,9,12H2,1H3. The summed E-state index contributed by atoms with van der Waals surface area (Å²) in [6, 6.07) is 12.0. The van der Waals surface area contributed by atoms with E-state index in [-0.39, 0.29) is 5.91 Å². The molecule has 1 amide bonds. The van der Waals surface area contributed by atoms with Gasteiger partial charge in [-0.25, -0.2) is 9.97 Å². The second-order valence-electron chi connectivity index (χ2n) is 5.85. The number of thiazole rings is 1. The van der Waals surface area contributed by atoms with Gasteiger partial charge in [-0.2, -0.15) is 0 Å². The van der Waals surface area contributed by atoms with Gasteiger partial charge in [-0.1, -0.05) is 23.9 Å². The van der Waals surface area contributed by atoms with Gasteiger partial charge in [0.15, 0.2) is 0 Å². The SMILES string of the molecule is Cc1nc(-c2ccc3c(c2)CCN3C(=O)CSc2ccccn2)cs1. The molecule has 126 valence electrons. The first-order valence-electron chi connectivity index (χ1n) is 8.10. The number of hydrogen-bond acceptors (Lipinski definition) is 5. The lowest BCUT2D eigenvalue weighted by atomic mass is 10.1. The molecular weight excluding hydrogens is 350 g/mol. The van der Waals surface area contributed by atoms with Gasteiger partial charge in [0.25, 0.3) is 0 Å². The number of anilines is 1. The zero-order chi connectivity index (χ0) is 17.2. The van der Waals surface area contributed by atoms with Gasteiger partial charge in [0.2, 0.25) is 5.91 Å². The summed E-state index contributed by atoms with van der Waals surface area (Å²) in [6.07, 6.45) is 2.64. The Hall–Kier alpha value is -2.18. The smallest absolute Gasteiger partial charge is 0.237 e. The number of aryl methyl sites for hydroxylation is 1. The lowest BCUT2D eigenvalue weighted by Crippen LogP contribution is -2.30. The van der Waals surface area contributed by atoms with Gasteiger partial charge >= 0.3 is 0 Å². The van der Waals surface area contributed by atoms with Crippen molar-refractivity contribution < 1.29 is 4.79 Å². The van der Waals surface area contributed by atoms with Crippen LogP contribution in [0.3, 0.4) is 0 Å². The van der Waals surface area contributed by atoms with Crippen LogP contribution in [0.5, 0.6) is 0 Å². The van der Waals surface area contributed by atoms with Crippen molar-refractivity contribution in [1.29, 1.82) is 0 Å². The van der Waals surface area contributed by atoms with E-state index in [2.05, 4.69) is 33.5 Å². The molecule has 0 saturated carbocycles. The van der Waals surface area contributed by atoms with Crippen molar-refractivity contribution in [3.8, 4) is 11.3 Å². The molecule has 0 atom stereocenters. The van der Waals surface area contributed by atoms with E-state index < -0.39 is 0 Å². The number of nitrogens with zero attached hydrogens (tertiary/aromatic N) is 3. The van der Waals surface area contributed by atoms with Crippen LogP contribution in [0.1, 0.15) is 10.6 Å². The third-order valence-electron chi connectivity index (χ3n) is 4.17. The summed E-state index contributed by atoms with van der Waals surface area (Å²) in [6.45, 7) is 2.76. The van der Waals surface area contributed by atoms with Gasteiger partial charge in [-0.3, -0.25) is 4.79 Å². The van der Waals surface area contributed by atoms with E-state index in [0.717, 1.165) is 39.9 Å². The maximum absolute atomic E-state index is 12.6. The molecule has 1 aromatic carbocycles. The normalized spacial score (nSPS) is 13.1. The number of pyridine rings is 1. The zero-order valence-electron chi connectivity index (χ0n) is 13.8. The first kappa shape index (κ1) is 16.3. The second kappa shape index (κ2) is 6.98. The number of fused-ring (bicyclic) bond motifs is 1. The van der Waals surface area contributed by atoms with E-state index >= 15 is 0 Å². The van der Waals surface area contributed by atoms with Crippen LogP contribution in [0.25, 0.3) is 11.3 Å². The average molecular weight is 367 g/mol. The van der Waals surface area contributed by atoms with E-state index in [1.807, 2.05) is 30.0 Å². The molecule has 6 heteroatoms. The summed E-state index contributed by atoms with van der Waals surface area (Å²) in [5, 5.41) is 4.03. The van der Waals surface area contributed by atoms with Crippen molar-refractivity contribution in [3.05, 3.63) is 58.5 Å². The molecule has 3 heterocycles. The van der Waals surface area contributed by atoms with Crippen LogP contribution in [0, 0.1) is 6.92 Å². The molecular formula is C19H17N3OS2. The third kappa shape index (κ3) is 3.45. The summed E-state index contributed by atoms with van der Waals surface area (Å²) in [5.74, 6) is 0.537. The van der Waals surface area contributed by atoms with Crippen LogP contribution >= 0.6 is 23.1 Å². The highest BCUT2D eigenvalue weighted by atomic mass is 32.2. The molecule has 0 radical (unpaired) electrons. The number of aromatic nitrogens is 2. The first-order valence-corrected chi connectivity index (χ1v) is 9.97. The van der Waals surface area contributed by atoms with E-state index in [4.69, 9.17) is 0 Å². The van der Waals surface area contributed by atoms with Crippen LogP contribution < -0.4 is 4.90 Å². The highest BCUT2D eigenvalue weighted by Gasteiger charge is 2.25. The Morgan fingerprint density at radius 3 is 3.00 bits per heavy atom. The maximum Gasteiger partial charge on any atom is 0.237 e. The van der Waals surface area contributed by atoms with Crippen molar-refractivity contribution >= 4 is 34.7 Å². The molecule has 0 aliphatic carbocycles. The van der Waals surface area contributed by atoms with Gasteiger partial charge in [0.1, 0.15) is 0 Å². The van der Waals surface area contributed by atoms with Gasteiger partial charge in [0, 0.05) is 29.4 Å². The van der Waals surface area contributed by atoms with E-state index in [0.29, 0.717) is 5.75 Å². The quantitative estimate of drug-likeness (QED) is 0.649. The predicted molar refractivity (Wildman–Crippen MR) is 103 cm³/mol. The molecule has 0 spiro atoms. The summed E-state index contributed by atoms with van der Waals surface area (Å²) in [5.41, 5.74) is 4.39. The van der Waals surface area contributed by atoms with E-state index in [1.54, 1.807) is 17.5 Å². The first-order chi connectivity index (χ1) is 12.2. The Bertz CT molecular complexity index is 908. The fourth-order valence-electron chi connectivity index (χ4n) is 2.96. The highest BCUT2D eigenvalue weighted by molar-refractivity contribution is 7.99. The van der Waals surface area contributed by atoms with Crippen molar-refractivity contribution in [1.82, 2.24) is 9.97 Å². The fraction of sp³-hybridized carbons (Fsp3) is 0.211. The third-order valence-corrected chi connectivity index (χ3v) is 5.87. The van der Waals surface area contributed by atoms with E-state index in [1.165, 1.54) is 17.3 Å². The number of hydrogen-bond donors (Lipinski definition) is 0. The molecule has 1 aliphatic heterocycles. The Kier molecular flexibility index (Phi) is 4.55. The largest absolute Gasteiger partial charge is 0.311 e. The summed E-state index contributed by atoms with van der Waals surface area (Å²) in [7, 11) is 0. The van der Waals surface area contributed by atoms with Gasteiger partial charge in [-0.15, -0.1) is 11.3 Å². The Morgan fingerprint density at radius 1 is 1.32 bits per heavy atom. The highest BCUT2D eigenvalue weighted by Crippen LogP contribution is 2.33. The molecule has 0 saturated heterocycles. The van der Waals surface area contributed by atoms with Gasteiger partial charge < -0.3 is 4.90 Å². The minimum atomic E-state index is 0.131. The van der Waals surface area contributed by atoms with Crippen molar-refractivity contribution in [2.45, 2.75) is 18.4 Å². The molecule has 0 bridgehead atoms. The van der Waals surface area contributed by atoms with Gasteiger partial charge in [-0.05, 0) is 43.2 Å². The Balaban J connectivity index is 1.49. The monoisotopic (exact) mass is 367 g/mol. The van der Waals surface area contributed by atoms with E-state index in [9.17, 15) is 4.79 Å². The Morgan fingerprint density at radius 2 is 2.24 bits per heavy atom. The lowest BCUT2D eigenvalue weighted by Gasteiger charge is -2.17. The summed E-state index contributed by atoms with van der Waals surface area (Å²) < 4.78 is 0. The number of thioether (sulfide) groups is 1. The van der Waals surface area contributed by atoms with Crippen LogP contribution in [0.15, 0.2) is 53.0 Å².